The highest BCUT2D eigenvalue weighted by molar-refractivity contribution is 5.95. The molecule has 0 saturated carbocycles. The molecule has 2 N–H and O–H groups in total. The molecule has 2 aliphatic rings. The summed E-state index contributed by atoms with van der Waals surface area (Å²) in [5.41, 5.74) is 0.140. The van der Waals surface area contributed by atoms with Crippen LogP contribution in [0.4, 0.5) is 0 Å². The average molecular weight is 369 g/mol. The second kappa shape index (κ2) is 7.58. The predicted molar refractivity (Wildman–Crippen MR) is 98.8 cm³/mol. The SMILES string of the molecule is O=C(NC[C@](O)(c1ccccc1)C1CCOCC1)c1ccc2c(c1)OCO2. The second-order valence-electron chi connectivity index (χ2n) is 6.93. The highest BCUT2D eigenvalue weighted by atomic mass is 16.7. The first kappa shape index (κ1) is 17.8. The minimum Gasteiger partial charge on any atom is -0.454 e. The second-order valence-corrected chi connectivity index (χ2v) is 6.93. The highest BCUT2D eigenvalue weighted by Crippen LogP contribution is 2.36. The highest BCUT2D eigenvalue weighted by Gasteiger charge is 2.39. The van der Waals surface area contributed by atoms with Crippen LogP contribution in [0.3, 0.4) is 0 Å². The molecular formula is C21H23NO5. The van der Waals surface area contributed by atoms with E-state index in [-0.39, 0.29) is 25.2 Å². The Morgan fingerprint density at radius 2 is 1.81 bits per heavy atom. The van der Waals surface area contributed by atoms with E-state index in [4.69, 9.17) is 14.2 Å². The Balaban J connectivity index is 1.52. The molecule has 2 aromatic carbocycles. The van der Waals surface area contributed by atoms with Crippen LogP contribution in [-0.2, 0) is 10.3 Å². The first-order valence-corrected chi connectivity index (χ1v) is 9.20. The molecule has 0 bridgehead atoms. The Hall–Kier alpha value is -2.57. The fraction of sp³-hybridized carbons (Fsp3) is 0.381. The van der Waals surface area contributed by atoms with E-state index in [0.717, 1.165) is 18.4 Å². The van der Waals surface area contributed by atoms with E-state index in [2.05, 4.69) is 5.32 Å². The van der Waals surface area contributed by atoms with E-state index < -0.39 is 5.60 Å². The molecule has 1 amide bonds. The van der Waals surface area contributed by atoms with Crippen LogP contribution < -0.4 is 14.8 Å². The van der Waals surface area contributed by atoms with Crippen molar-refractivity contribution in [3.63, 3.8) is 0 Å². The maximum absolute atomic E-state index is 12.7. The molecule has 27 heavy (non-hydrogen) atoms. The number of rotatable bonds is 5. The molecular weight excluding hydrogens is 346 g/mol. The van der Waals surface area contributed by atoms with Crippen molar-refractivity contribution < 1.29 is 24.1 Å². The largest absolute Gasteiger partial charge is 0.454 e. The van der Waals surface area contributed by atoms with E-state index >= 15 is 0 Å². The first-order chi connectivity index (χ1) is 13.2. The van der Waals surface area contributed by atoms with Crippen molar-refractivity contribution in [3.8, 4) is 11.5 Å². The summed E-state index contributed by atoms with van der Waals surface area (Å²) >= 11 is 0. The molecule has 6 nitrogen and oxygen atoms in total. The number of carbonyl (C=O) groups is 1. The van der Waals surface area contributed by atoms with Crippen LogP contribution in [0.15, 0.2) is 48.5 Å². The lowest BCUT2D eigenvalue weighted by Crippen LogP contribution is -2.47. The molecule has 1 fully saturated rings. The minimum atomic E-state index is -1.14. The lowest BCUT2D eigenvalue weighted by Gasteiger charge is -2.39. The van der Waals surface area contributed by atoms with Crippen molar-refractivity contribution in [3.05, 3.63) is 59.7 Å². The molecule has 6 heteroatoms. The van der Waals surface area contributed by atoms with Gasteiger partial charge in [-0.2, -0.15) is 0 Å². The predicted octanol–water partition coefficient (Wildman–Crippen LogP) is 2.46. The first-order valence-electron chi connectivity index (χ1n) is 9.20. The number of hydrogen-bond donors (Lipinski definition) is 2. The molecule has 2 aromatic rings. The van der Waals surface area contributed by atoms with Gasteiger partial charge < -0.3 is 24.6 Å². The Kier molecular flexibility index (Phi) is 5.01. The van der Waals surface area contributed by atoms with Crippen molar-refractivity contribution in [2.24, 2.45) is 5.92 Å². The van der Waals surface area contributed by atoms with E-state index in [1.165, 1.54) is 0 Å². The zero-order valence-corrected chi connectivity index (χ0v) is 15.0. The molecule has 4 rings (SSSR count). The van der Waals surface area contributed by atoms with Crippen LogP contribution in [-0.4, -0.2) is 37.6 Å². The molecule has 0 unspecified atom stereocenters. The van der Waals surface area contributed by atoms with Crippen molar-refractivity contribution in [2.75, 3.05) is 26.6 Å². The van der Waals surface area contributed by atoms with Crippen LogP contribution in [0.1, 0.15) is 28.8 Å². The van der Waals surface area contributed by atoms with Gasteiger partial charge in [0, 0.05) is 18.8 Å². The number of carbonyl (C=O) groups excluding carboxylic acids is 1. The minimum absolute atomic E-state index is 0.0192. The van der Waals surface area contributed by atoms with E-state index in [9.17, 15) is 9.90 Å². The fourth-order valence-electron chi connectivity index (χ4n) is 3.74. The molecule has 142 valence electrons. The van der Waals surface area contributed by atoms with Crippen LogP contribution in [0, 0.1) is 5.92 Å². The van der Waals surface area contributed by atoms with Gasteiger partial charge in [0.05, 0.1) is 6.54 Å². The van der Waals surface area contributed by atoms with Gasteiger partial charge in [-0.1, -0.05) is 30.3 Å². The summed E-state index contributed by atoms with van der Waals surface area (Å²) in [6.45, 7) is 1.54. The Morgan fingerprint density at radius 1 is 1.07 bits per heavy atom. The monoisotopic (exact) mass is 369 g/mol. The summed E-state index contributed by atoms with van der Waals surface area (Å²) in [6, 6.07) is 14.6. The number of fused-ring (bicyclic) bond motifs is 1. The number of nitrogens with one attached hydrogen (secondary N) is 1. The van der Waals surface area contributed by atoms with Gasteiger partial charge in [-0.3, -0.25) is 4.79 Å². The molecule has 0 spiro atoms. The van der Waals surface area contributed by atoms with Gasteiger partial charge in [-0.05, 0) is 42.5 Å². The molecule has 0 radical (unpaired) electrons. The molecule has 1 atom stereocenters. The average Bonchev–Trinajstić information content (AvgIpc) is 3.21. The summed E-state index contributed by atoms with van der Waals surface area (Å²) in [5, 5.41) is 14.4. The van der Waals surface area contributed by atoms with E-state index in [1.807, 2.05) is 30.3 Å². The van der Waals surface area contributed by atoms with Crippen LogP contribution in [0.2, 0.25) is 0 Å². The van der Waals surface area contributed by atoms with Gasteiger partial charge in [-0.15, -0.1) is 0 Å². The lowest BCUT2D eigenvalue weighted by atomic mass is 9.77. The third-order valence-electron chi connectivity index (χ3n) is 5.32. The van der Waals surface area contributed by atoms with Gasteiger partial charge in [0.15, 0.2) is 11.5 Å². The van der Waals surface area contributed by atoms with Gasteiger partial charge in [-0.25, -0.2) is 0 Å². The maximum Gasteiger partial charge on any atom is 0.251 e. The maximum atomic E-state index is 12.7. The third kappa shape index (κ3) is 3.63. The number of ether oxygens (including phenoxy) is 3. The van der Waals surface area contributed by atoms with Crippen molar-refractivity contribution in [1.29, 1.82) is 0 Å². The Labute approximate surface area is 158 Å². The van der Waals surface area contributed by atoms with Crippen molar-refractivity contribution in [1.82, 2.24) is 5.32 Å². The summed E-state index contributed by atoms with van der Waals surface area (Å²) < 4.78 is 16.1. The van der Waals surface area contributed by atoms with Crippen LogP contribution in [0.5, 0.6) is 11.5 Å². The van der Waals surface area contributed by atoms with Gasteiger partial charge in [0.25, 0.3) is 5.91 Å². The van der Waals surface area contributed by atoms with Crippen molar-refractivity contribution in [2.45, 2.75) is 18.4 Å². The zero-order chi connectivity index (χ0) is 18.7. The number of benzene rings is 2. The summed E-state index contributed by atoms with van der Waals surface area (Å²) in [5.74, 6) is 0.959. The van der Waals surface area contributed by atoms with Gasteiger partial charge >= 0.3 is 0 Å². The quantitative estimate of drug-likeness (QED) is 0.847. The molecule has 2 heterocycles. The third-order valence-corrected chi connectivity index (χ3v) is 5.32. The van der Waals surface area contributed by atoms with Crippen LogP contribution in [0.25, 0.3) is 0 Å². The number of amides is 1. The Bertz CT molecular complexity index is 803. The molecule has 0 aromatic heterocycles. The van der Waals surface area contributed by atoms with Gasteiger partial charge in [0.2, 0.25) is 6.79 Å². The molecule has 1 saturated heterocycles. The van der Waals surface area contributed by atoms with Crippen LogP contribution >= 0.6 is 0 Å². The standard InChI is InChI=1S/C21H23NO5/c23-20(15-6-7-18-19(12-15)27-14-26-18)22-13-21(24,16-4-2-1-3-5-16)17-8-10-25-11-9-17/h1-7,12,17,24H,8-11,13-14H2,(H,22,23)/t21-/m0/s1. The lowest BCUT2D eigenvalue weighted by molar-refractivity contribution is -0.0680. The van der Waals surface area contributed by atoms with Crippen molar-refractivity contribution >= 4 is 5.91 Å². The fourth-order valence-corrected chi connectivity index (χ4v) is 3.74. The normalized spacial score (nSPS) is 18.7. The number of hydrogen-bond acceptors (Lipinski definition) is 5. The number of aliphatic hydroxyl groups is 1. The van der Waals surface area contributed by atoms with E-state index in [1.54, 1.807) is 18.2 Å². The van der Waals surface area contributed by atoms with E-state index in [0.29, 0.717) is 30.3 Å². The van der Waals surface area contributed by atoms with Gasteiger partial charge in [0.1, 0.15) is 5.60 Å². The Morgan fingerprint density at radius 3 is 2.59 bits per heavy atom. The molecule has 2 aliphatic heterocycles. The molecule has 0 aliphatic carbocycles. The smallest absolute Gasteiger partial charge is 0.251 e. The topological polar surface area (TPSA) is 77.0 Å². The summed E-state index contributed by atoms with van der Waals surface area (Å²) in [6.07, 6.45) is 1.51. The summed E-state index contributed by atoms with van der Waals surface area (Å²) in [7, 11) is 0. The zero-order valence-electron chi connectivity index (χ0n) is 15.0. The summed E-state index contributed by atoms with van der Waals surface area (Å²) in [4.78, 5) is 12.7.